The number of carbonyl (C=O) groups excluding carboxylic acids is 1. The lowest BCUT2D eigenvalue weighted by atomic mass is 9.75. The Morgan fingerprint density at radius 1 is 0.912 bits per heavy atom. The molecule has 3 N–H and O–H groups in total. The zero-order valence-corrected chi connectivity index (χ0v) is 21.0. The van der Waals surface area contributed by atoms with Crippen molar-refractivity contribution in [1.82, 2.24) is 9.88 Å². The van der Waals surface area contributed by atoms with Gasteiger partial charge < -0.3 is 15.6 Å². The SMILES string of the molecule is NC1CCC(NC(=O)CC(c2cn(CC3CCCCC3)c3ccccc23)C2CCCCC2)CC1. The summed E-state index contributed by atoms with van der Waals surface area (Å²) in [5.41, 5.74) is 8.89. The predicted octanol–water partition coefficient (Wildman–Crippen LogP) is 6.66. The number of nitrogens with one attached hydrogen (secondary N) is 1. The lowest BCUT2D eigenvalue weighted by Gasteiger charge is -2.31. The second-order valence-electron chi connectivity index (χ2n) is 11.6. The summed E-state index contributed by atoms with van der Waals surface area (Å²) in [7, 11) is 0. The van der Waals surface area contributed by atoms with E-state index in [0.29, 0.717) is 30.3 Å². The minimum atomic E-state index is 0.250. The summed E-state index contributed by atoms with van der Waals surface area (Å²) in [6.07, 6.45) is 20.6. The van der Waals surface area contributed by atoms with E-state index in [1.807, 2.05) is 0 Å². The molecule has 4 nitrogen and oxygen atoms in total. The number of nitrogens with two attached hydrogens (primary N) is 1. The number of fused-ring (bicyclic) bond motifs is 1. The summed E-state index contributed by atoms with van der Waals surface area (Å²) in [6, 6.07) is 9.59. The molecule has 3 aliphatic rings. The fraction of sp³-hybridized carbons (Fsp3) is 0.700. The van der Waals surface area contributed by atoms with Gasteiger partial charge in [-0.1, -0.05) is 56.7 Å². The molecule has 3 fully saturated rings. The van der Waals surface area contributed by atoms with Gasteiger partial charge in [-0.15, -0.1) is 0 Å². The number of hydrogen-bond acceptors (Lipinski definition) is 2. The van der Waals surface area contributed by atoms with Crippen LogP contribution in [0.15, 0.2) is 30.5 Å². The smallest absolute Gasteiger partial charge is 0.220 e. The average Bonchev–Trinajstić information content (AvgIpc) is 3.23. The van der Waals surface area contributed by atoms with E-state index < -0.39 is 0 Å². The van der Waals surface area contributed by atoms with E-state index in [9.17, 15) is 4.79 Å². The topological polar surface area (TPSA) is 60.0 Å². The van der Waals surface area contributed by atoms with Crippen LogP contribution >= 0.6 is 0 Å². The Morgan fingerprint density at radius 2 is 1.59 bits per heavy atom. The maximum absolute atomic E-state index is 13.3. The van der Waals surface area contributed by atoms with Crippen molar-refractivity contribution in [3.63, 3.8) is 0 Å². The zero-order chi connectivity index (χ0) is 23.3. The normalized spacial score (nSPS) is 25.9. The quantitative estimate of drug-likeness (QED) is 0.482. The minimum Gasteiger partial charge on any atom is -0.353 e. The van der Waals surface area contributed by atoms with Crippen molar-refractivity contribution < 1.29 is 4.79 Å². The van der Waals surface area contributed by atoms with Crippen molar-refractivity contribution in [3.05, 3.63) is 36.0 Å². The molecule has 1 atom stereocenters. The highest BCUT2D eigenvalue weighted by atomic mass is 16.1. The van der Waals surface area contributed by atoms with Gasteiger partial charge in [-0.25, -0.2) is 0 Å². The van der Waals surface area contributed by atoms with Gasteiger partial charge in [0.15, 0.2) is 0 Å². The van der Waals surface area contributed by atoms with Gasteiger partial charge in [0, 0.05) is 42.1 Å². The number of benzene rings is 1. The van der Waals surface area contributed by atoms with Crippen molar-refractivity contribution in [2.24, 2.45) is 17.6 Å². The van der Waals surface area contributed by atoms with Crippen LogP contribution in [-0.4, -0.2) is 22.6 Å². The molecule has 0 saturated heterocycles. The van der Waals surface area contributed by atoms with Gasteiger partial charge in [0.2, 0.25) is 5.91 Å². The number of aromatic nitrogens is 1. The fourth-order valence-electron chi connectivity index (χ4n) is 7.19. The van der Waals surface area contributed by atoms with E-state index in [0.717, 1.165) is 38.1 Å². The summed E-state index contributed by atoms with van der Waals surface area (Å²) in [6.45, 7) is 1.13. The molecule has 1 amide bonds. The summed E-state index contributed by atoms with van der Waals surface area (Å²) in [5.74, 6) is 1.99. The van der Waals surface area contributed by atoms with E-state index in [4.69, 9.17) is 5.73 Å². The number of rotatable bonds is 7. The highest BCUT2D eigenvalue weighted by Gasteiger charge is 2.31. The van der Waals surface area contributed by atoms with Crippen LogP contribution in [0.5, 0.6) is 0 Å². The molecule has 34 heavy (non-hydrogen) atoms. The first-order valence-corrected chi connectivity index (χ1v) is 14.3. The van der Waals surface area contributed by atoms with Crippen LogP contribution in [0.4, 0.5) is 0 Å². The standard InChI is InChI=1S/C30H45N3O/c31-24-15-17-25(18-16-24)32-30(34)19-27(23-11-5-2-6-12-23)28-21-33(20-22-9-3-1-4-10-22)29-14-8-7-13-26(28)29/h7-8,13-14,21-25,27H,1-6,9-12,15-20,31H2,(H,32,34). The molecule has 1 aromatic carbocycles. The summed E-state index contributed by atoms with van der Waals surface area (Å²) in [5, 5.41) is 4.78. The summed E-state index contributed by atoms with van der Waals surface area (Å²) >= 11 is 0. The van der Waals surface area contributed by atoms with E-state index in [-0.39, 0.29) is 5.91 Å². The molecule has 0 bridgehead atoms. The summed E-state index contributed by atoms with van der Waals surface area (Å²) < 4.78 is 2.54. The number of carbonyl (C=O) groups is 1. The first-order valence-electron chi connectivity index (χ1n) is 14.3. The molecule has 4 heteroatoms. The van der Waals surface area contributed by atoms with Crippen molar-refractivity contribution in [3.8, 4) is 0 Å². The fourth-order valence-corrected chi connectivity index (χ4v) is 7.19. The Labute approximate surface area is 206 Å². The third kappa shape index (κ3) is 5.70. The monoisotopic (exact) mass is 463 g/mol. The Bertz CT molecular complexity index is 930. The number of amides is 1. The van der Waals surface area contributed by atoms with Gasteiger partial charge in [-0.3, -0.25) is 4.79 Å². The first kappa shape index (κ1) is 23.9. The Kier molecular flexibility index (Phi) is 7.94. The molecule has 3 aliphatic carbocycles. The first-order chi connectivity index (χ1) is 16.7. The highest BCUT2D eigenvalue weighted by molar-refractivity contribution is 5.86. The second-order valence-corrected chi connectivity index (χ2v) is 11.6. The van der Waals surface area contributed by atoms with Gasteiger partial charge in [0.1, 0.15) is 0 Å². The summed E-state index contributed by atoms with van der Waals surface area (Å²) in [4.78, 5) is 13.3. The second kappa shape index (κ2) is 11.3. The molecular weight excluding hydrogens is 418 g/mol. The van der Waals surface area contributed by atoms with Crippen LogP contribution in [0.1, 0.15) is 108 Å². The molecule has 1 unspecified atom stereocenters. The Hall–Kier alpha value is -1.81. The van der Waals surface area contributed by atoms with Crippen LogP contribution in [0, 0.1) is 11.8 Å². The van der Waals surface area contributed by atoms with E-state index in [2.05, 4.69) is 40.3 Å². The van der Waals surface area contributed by atoms with E-state index in [1.165, 1.54) is 80.7 Å². The van der Waals surface area contributed by atoms with E-state index >= 15 is 0 Å². The van der Waals surface area contributed by atoms with E-state index in [1.54, 1.807) is 0 Å². The molecule has 1 heterocycles. The van der Waals surface area contributed by atoms with Crippen LogP contribution < -0.4 is 11.1 Å². The number of hydrogen-bond donors (Lipinski definition) is 2. The molecule has 0 aliphatic heterocycles. The van der Waals surface area contributed by atoms with Crippen LogP contribution in [-0.2, 0) is 11.3 Å². The molecule has 5 rings (SSSR count). The lowest BCUT2D eigenvalue weighted by Crippen LogP contribution is -2.41. The maximum Gasteiger partial charge on any atom is 0.220 e. The van der Waals surface area contributed by atoms with Gasteiger partial charge in [0.05, 0.1) is 0 Å². The largest absolute Gasteiger partial charge is 0.353 e. The van der Waals surface area contributed by atoms with Gasteiger partial charge in [-0.05, 0) is 80.8 Å². The maximum atomic E-state index is 13.3. The van der Waals surface area contributed by atoms with Crippen molar-refractivity contribution >= 4 is 16.8 Å². The third-order valence-corrected chi connectivity index (χ3v) is 9.16. The van der Waals surface area contributed by atoms with Gasteiger partial charge >= 0.3 is 0 Å². The van der Waals surface area contributed by atoms with Crippen LogP contribution in [0.3, 0.4) is 0 Å². The number of nitrogens with zero attached hydrogens (tertiary/aromatic N) is 1. The molecule has 1 aromatic heterocycles. The Balaban J connectivity index is 1.39. The van der Waals surface area contributed by atoms with Crippen molar-refractivity contribution in [2.45, 2.75) is 121 Å². The Morgan fingerprint density at radius 3 is 2.32 bits per heavy atom. The number of para-hydroxylation sites is 1. The average molecular weight is 464 g/mol. The molecule has 0 spiro atoms. The van der Waals surface area contributed by atoms with Gasteiger partial charge in [0.25, 0.3) is 0 Å². The third-order valence-electron chi connectivity index (χ3n) is 9.16. The highest BCUT2D eigenvalue weighted by Crippen LogP contribution is 2.42. The van der Waals surface area contributed by atoms with Crippen molar-refractivity contribution in [1.29, 1.82) is 0 Å². The molecule has 186 valence electrons. The molecule has 2 aromatic rings. The molecule has 0 radical (unpaired) electrons. The van der Waals surface area contributed by atoms with Gasteiger partial charge in [-0.2, -0.15) is 0 Å². The van der Waals surface area contributed by atoms with Crippen LogP contribution in [0.2, 0.25) is 0 Å². The zero-order valence-electron chi connectivity index (χ0n) is 21.0. The minimum absolute atomic E-state index is 0.250. The lowest BCUT2D eigenvalue weighted by molar-refractivity contribution is -0.122. The van der Waals surface area contributed by atoms with Crippen molar-refractivity contribution in [2.75, 3.05) is 0 Å². The molecule has 3 saturated carbocycles. The van der Waals surface area contributed by atoms with Crippen LogP contribution in [0.25, 0.3) is 10.9 Å². The predicted molar refractivity (Wildman–Crippen MR) is 141 cm³/mol. The molecular formula is C30H45N3O.